The fraction of sp³-hybridized carbons (Fsp3) is 0.364. The van der Waals surface area contributed by atoms with Crippen molar-refractivity contribution in [1.29, 1.82) is 0 Å². The van der Waals surface area contributed by atoms with Gasteiger partial charge in [0.1, 0.15) is 0 Å². The third kappa shape index (κ3) is 4.08. The van der Waals surface area contributed by atoms with Crippen molar-refractivity contribution in [3.05, 3.63) is 42.1 Å². The molecule has 0 saturated heterocycles. The van der Waals surface area contributed by atoms with Crippen molar-refractivity contribution in [1.82, 2.24) is 0 Å². The lowest BCUT2D eigenvalue weighted by molar-refractivity contribution is 0.226. The summed E-state index contributed by atoms with van der Waals surface area (Å²) in [5.74, 6) is 0. The van der Waals surface area contributed by atoms with Gasteiger partial charge in [0.25, 0.3) is 0 Å². The summed E-state index contributed by atoms with van der Waals surface area (Å²) in [6.45, 7) is 4.34. The van der Waals surface area contributed by atoms with E-state index >= 15 is 0 Å². The molecule has 0 aliphatic heterocycles. The first-order valence-electron chi connectivity index (χ1n) is 5.00. The van der Waals surface area contributed by atoms with Crippen LogP contribution in [-0.4, -0.2) is 13.2 Å². The SMILES string of the molecule is CCOP(=O)([CH-]c1ccccc1)OCC. The summed E-state index contributed by atoms with van der Waals surface area (Å²) in [5, 5.41) is 0. The van der Waals surface area contributed by atoms with Gasteiger partial charge in [-0.1, -0.05) is 12.2 Å². The molecule has 0 fully saturated rings. The van der Waals surface area contributed by atoms with Crippen LogP contribution in [0.25, 0.3) is 0 Å². The van der Waals surface area contributed by atoms with Crippen LogP contribution in [0.4, 0.5) is 0 Å². The number of hydrogen-bond donors (Lipinski definition) is 0. The Labute approximate surface area is 90.9 Å². The second-order valence-corrected chi connectivity index (χ2v) is 4.77. The van der Waals surface area contributed by atoms with E-state index in [-0.39, 0.29) is 0 Å². The quantitative estimate of drug-likeness (QED) is 0.551. The average molecular weight is 227 g/mol. The Kier molecular flexibility index (Phi) is 4.89. The van der Waals surface area contributed by atoms with Gasteiger partial charge < -0.3 is 9.05 Å². The topological polar surface area (TPSA) is 35.5 Å². The van der Waals surface area contributed by atoms with E-state index in [1.54, 1.807) is 20.0 Å². The minimum atomic E-state index is -3.07. The molecule has 0 spiro atoms. The van der Waals surface area contributed by atoms with Crippen LogP contribution < -0.4 is 0 Å². The highest BCUT2D eigenvalue weighted by Crippen LogP contribution is 2.52. The predicted molar refractivity (Wildman–Crippen MR) is 60.7 cm³/mol. The lowest BCUT2D eigenvalue weighted by Crippen LogP contribution is -1.97. The molecular formula is C11H16O3P-. The third-order valence-electron chi connectivity index (χ3n) is 1.72. The second-order valence-electron chi connectivity index (χ2n) is 2.92. The van der Waals surface area contributed by atoms with Gasteiger partial charge in [0.2, 0.25) is 0 Å². The molecule has 0 aliphatic rings. The molecule has 0 aliphatic carbocycles. The molecular weight excluding hydrogens is 211 g/mol. The highest BCUT2D eigenvalue weighted by molar-refractivity contribution is 7.56. The zero-order valence-corrected chi connectivity index (χ0v) is 9.94. The molecule has 0 saturated carbocycles. The Hall–Kier alpha value is -0.760. The summed E-state index contributed by atoms with van der Waals surface area (Å²) in [6, 6.07) is 9.40. The average Bonchev–Trinajstić information content (AvgIpc) is 2.19. The van der Waals surface area contributed by atoms with E-state index in [4.69, 9.17) is 9.05 Å². The van der Waals surface area contributed by atoms with E-state index in [0.717, 1.165) is 5.56 Å². The molecule has 15 heavy (non-hydrogen) atoms. The third-order valence-corrected chi connectivity index (χ3v) is 3.58. The standard InChI is InChI=1S/C11H16O3P/c1-3-13-15(12,14-4-2)10-11-8-6-5-7-9-11/h5-10H,3-4H2,1-2H3/q-1. The zero-order valence-electron chi connectivity index (χ0n) is 9.05. The molecule has 3 nitrogen and oxygen atoms in total. The molecule has 0 atom stereocenters. The lowest BCUT2D eigenvalue weighted by atomic mass is 10.2. The Balaban J connectivity index is 2.71. The van der Waals surface area contributed by atoms with Crippen molar-refractivity contribution in [2.75, 3.05) is 13.2 Å². The molecule has 0 N–H and O–H groups in total. The molecule has 4 heteroatoms. The van der Waals surface area contributed by atoms with Crippen LogP contribution in [0.2, 0.25) is 0 Å². The van der Waals surface area contributed by atoms with Crippen molar-refractivity contribution >= 4 is 7.60 Å². The van der Waals surface area contributed by atoms with Gasteiger partial charge in [0, 0.05) is 0 Å². The first-order chi connectivity index (χ1) is 7.20. The molecule has 0 amide bonds. The second kappa shape index (κ2) is 5.96. The van der Waals surface area contributed by atoms with Gasteiger partial charge in [-0.2, -0.15) is 17.7 Å². The van der Waals surface area contributed by atoms with Gasteiger partial charge in [0.15, 0.2) is 0 Å². The van der Waals surface area contributed by atoms with Crippen molar-refractivity contribution in [2.24, 2.45) is 0 Å². The first-order valence-corrected chi connectivity index (χ1v) is 6.61. The normalized spacial score (nSPS) is 11.3. The van der Waals surface area contributed by atoms with Gasteiger partial charge >= 0.3 is 7.60 Å². The van der Waals surface area contributed by atoms with Crippen molar-refractivity contribution in [2.45, 2.75) is 13.8 Å². The van der Waals surface area contributed by atoms with E-state index in [2.05, 4.69) is 0 Å². The number of hydrogen-bond acceptors (Lipinski definition) is 3. The summed E-state index contributed by atoms with van der Waals surface area (Å²) >= 11 is 0. The maximum Gasteiger partial charge on any atom is 0.302 e. The summed E-state index contributed by atoms with van der Waals surface area (Å²) in [4.78, 5) is 0. The fourth-order valence-electron chi connectivity index (χ4n) is 1.19. The Morgan fingerprint density at radius 3 is 2.13 bits per heavy atom. The molecule has 0 bridgehead atoms. The van der Waals surface area contributed by atoms with Crippen molar-refractivity contribution < 1.29 is 13.6 Å². The predicted octanol–water partition coefficient (Wildman–Crippen LogP) is 3.46. The van der Waals surface area contributed by atoms with E-state index in [9.17, 15) is 4.57 Å². The number of rotatable bonds is 6. The highest BCUT2D eigenvalue weighted by Gasteiger charge is 2.18. The van der Waals surface area contributed by atoms with Crippen LogP contribution in [0.1, 0.15) is 19.4 Å². The van der Waals surface area contributed by atoms with E-state index in [1.165, 1.54) is 0 Å². The summed E-state index contributed by atoms with van der Waals surface area (Å²) in [6.07, 6.45) is 1.56. The van der Waals surface area contributed by atoms with Crippen LogP contribution >= 0.6 is 7.60 Å². The highest BCUT2D eigenvalue weighted by atomic mass is 31.2. The van der Waals surface area contributed by atoms with Crippen LogP contribution in [0.5, 0.6) is 0 Å². The molecule has 0 unspecified atom stereocenters. The molecule has 1 aromatic rings. The maximum absolute atomic E-state index is 12.1. The van der Waals surface area contributed by atoms with Gasteiger partial charge in [0.05, 0.1) is 13.2 Å². The van der Waals surface area contributed by atoms with E-state index < -0.39 is 7.60 Å². The minimum Gasteiger partial charge on any atom is -0.314 e. The van der Waals surface area contributed by atoms with Gasteiger partial charge in [-0.05, 0) is 13.8 Å². The first kappa shape index (κ1) is 12.3. The zero-order chi connectivity index (χ0) is 11.1. The molecule has 0 radical (unpaired) electrons. The van der Waals surface area contributed by atoms with Crippen LogP contribution in [0, 0.1) is 6.16 Å². The van der Waals surface area contributed by atoms with Crippen LogP contribution in [-0.2, 0) is 13.6 Å². The summed E-state index contributed by atoms with van der Waals surface area (Å²) in [5.41, 5.74) is 0.850. The molecule has 0 heterocycles. The smallest absolute Gasteiger partial charge is 0.302 e. The maximum atomic E-state index is 12.1. The van der Waals surface area contributed by atoms with Gasteiger partial charge in [-0.25, -0.2) is 0 Å². The Bertz CT molecular complexity index is 314. The molecule has 1 rings (SSSR count). The van der Waals surface area contributed by atoms with Crippen molar-refractivity contribution in [3.63, 3.8) is 0 Å². The Morgan fingerprint density at radius 2 is 1.67 bits per heavy atom. The summed E-state index contributed by atoms with van der Waals surface area (Å²) < 4.78 is 22.4. The summed E-state index contributed by atoms with van der Waals surface area (Å²) in [7, 11) is -3.07. The fourth-order valence-corrected chi connectivity index (χ4v) is 2.67. The van der Waals surface area contributed by atoms with Crippen LogP contribution in [0.15, 0.2) is 30.3 Å². The molecule has 1 aromatic carbocycles. The van der Waals surface area contributed by atoms with E-state index in [0.29, 0.717) is 13.2 Å². The Morgan fingerprint density at radius 1 is 1.13 bits per heavy atom. The molecule has 0 aromatic heterocycles. The van der Waals surface area contributed by atoms with Gasteiger partial charge in [-0.15, -0.1) is 12.1 Å². The van der Waals surface area contributed by atoms with Crippen molar-refractivity contribution in [3.8, 4) is 0 Å². The largest absolute Gasteiger partial charge is 0.314 e. The van der Waals surface area contributed by atoms with Gasteiger partial charge in [-0.3, -0.25) is 4.57 Å². The lowest BCUT2D eigenvalue weighted by Gasteiger charge is -2.21. The molecule has 84 valence electrons. The van der Waals surface area contributed by atoms with E-state index in [1.807, 2.05) is 30.3 Å². The monoisotopic (exact) mass is 227 g/mol. The minimum absolute atomic E-state index is 0.376. The van der Waals surface area contributed by atoms with Crippen LogP contribution in [0.3, 0.4) is 0 Å². The number of benzene rings is 1.